The van der Waals surface area contributed by atoms with Gasteiger partial charge in [-0.25, -0.2) is 0 Å². The van der Waals surface area contributed by atoms with E-state index in [1.165, 1.54) is 13.1 Å². The Morgan fingerprint density at radius 3 is 2.52 bits per heavy atom. The van der Waals surface area contributed by atoms with Crippen LogP contribution >= 0.6 is 0 Å². The largest absolute Gasteiger partial charge is 0.454 e. The number of aliphatic hydroxyl groups excluding tert-OH is 1. The smallest absolute Gasteiger partial charge is 0.286 e. The molecule has 1 aliphatic rings. The van der Waals surface area contributed by atoms with Crippen LogP contribution in [0.25, 0.3) is 0 Å². The molecule has 29 heavy (non-hydrogen) atoms. The number of furan rings is 1. The second kappa shape index (κ2) is 9.39. The summed E-state index contributed by atoms with van der Waals surface area (Å²) in [5.41, 5.74) is 1.10. The molecule has 0 bridgehead atoms. The quantitative estimate of drug-likeness (QED) is 0.696. The third-order valence-corrected chi connectivity index (χ3v) is 5.30. The molecule has 2 aromatic rings. The maximum Gasteiger partial charge on any atom is 0.286 e. The van der Waals surface area contributed by atoms with Gasteiger partial charge in [-0.1, -0.05) is 30.3 Å². The van der Waals surface area contributed by atoms with Crippen molar-refractivity contribution in [1.82, 2.24) is 10.6 Å². The fourth-order valence-electron chi connectivity index (χ4n) is 3.70. The molecule has 0 spiro atoms. The number of nitrogens with one attached hydrogen (secondary N) is 2. The van der Waals surface area contributed by atoms with Crippen LogP contribution in [0, 0.1) is 11.3 Å². The molecular formula is C22H25N3O4. The van der Waals surface area contributed by atoms with Crippen molar-refractivity contribution in [2.24, 2.45) is 0 Å². The van der Waals surface area contributed by atoms with Crippen LogP contribution in [0.15, 0.2) is 40.8 Å². The molecule has 1 aliphatic carbocycles. The van der Waals surface area contributed by atoms with Crippen molar-refractivity contribution >= 4 is 11.8 Å². The van der Waals surface area contributed by atoms with Gasteiger partial charge in [0, 0.05) is 25.6 Å². The van der Waals surface area contributed by atoms with Crippen molar-refractivity contribution in [3.8, 4) is 6.07 Å². The second-order valence-electron chi connectivity index (χ2n) is 7.27. The minimum Gasteiger partial charge on any atom is -0.454 e. The third kappa shape index (κ3) is 4.84. The predicted octanol–water partition coefficient (Wildman–Crippen LogP) is 2.72. The number of aliphatic hydroxyl groups is 1. The van der Waals surface area contributed by atoms with Crippen LogP contribution in [0.1, 0.15) is 70.3 Å². The van der Waals surface area contributed by atoms with Crippen molar-refractivity contribution in [2.75, 3.05) is 7.05 Å². The Labute approximate surface area is 169 Å². The van der Waals surface area contributed by atoms with E-state index in [2.05, 4.69) is 16.7 Å². The number of carbonyl (C=O) groups excluding carboxylic acids is 2. The number of hydrogen-bond acceptors (Lipinski definition) is 5. The van der Waals surface area contributed by atoms with Gasteiger partial charge in [0.2, 0.25) is 0 Å². The molecule has 1 saturated carbocycles. The highest BCUT2D eigenvalue weighted by molar-refractivity contribution is 5.99. The van der Waals surface area contributed by atoms with E-state index < -0.39 is 11.8 Å². The monoisotopic (exact) mass is 395 g/mol. The summed E-state index contributed by atoms with van der Waals surface area (Å²) in [7, 11) is 1.49. The summed E-state index contributed by atoms with van der Waals surface area (Å²) in [6.07, 6.45) is 2.48. The Bertz CT molecular complexity index is 893. The fraction of sp³-hybridized carbons (Fsp3) is 0.409. The van der Waals surface area contributed by atoms with Gasteiger partial charge >= 0.3 is 0 Å². The maximum atomic E-state index is 13.0. The molecule has 7 heteroatoms. The van der Waals surface area contributed by atoms with Crippen molar-refractivity contribution in [3.63, 3.8) is 0 Å². The lowest BCUT2D eigenvalue weighted by molar-refractivity contribution is 0.0864. The Hall–Kier alpha value is -3.11. The van der Waals surface area contributed by atoms with E-state index in [9.17, 15) is 20.0 Å². The minimum atomic E-state index is -0.464. The van der Waals surface area contributed by atoms with E-state index in [-0.39, 0.29) is 35.8 Å². The van der Waals surface area contributed by atoms with Crippen LogP contribution in [-0.4, -0.2) is 36.1 Å². The van der Waals surface area contributed by atoms with Crippen molar-refractivity contribution < 1.29 is 19.1 Å². The number of nitrogens with zero attached hydrogens (tertiary/aromatic N) is 1. The number of carbonyl (C=O) groups is 2. The van der Waals surface area contributed by atoms with E-state index in [1.807, 2.05) is 30.3 Å². The normalized spacial score (nSPS) is 19.8. The lowest BCUT2D eigenvalue weighted by Crippen LogP contribution is -2.38. The van der Waals surface area contributed by atoms with Gasteiger partial charge in [0.1, 0.15) is 5.76 Å². The van der Waals surface area contributed by atoms with Crippen LogP contribution < -0.4 is 10.6 Å². The maximum absolute atomic E-state index is 13.0. The minimum absolute atomic E-state index is 0.0330. The lowest BCUT2D eigenvalue weighted by Gasteiger charge is -2.26. The Morgan fingerprint density at radius 2 is 1.90 bits per heavy atom. The second-order valence-corrected chi connectivity index (χ2v) is 7.27. The van der Waals surface area contributed by atoms with Crippen molar-refractivity contribution in [3.05, 3.63) is 59.0 Å². The number of hydrogen-bond donors (Lipinski definition) is 3. The van der Waals surface area contributed by atoms with Gasteiger partial charge in [0.25, 0.3) is 11.8 Å². The highest BCUT2D eigenvalue weighted by atomic mass is 16.4. The van der Waals surface area contributed by atoms with E-state index >= 15 is 0 Å². The number of nitriles is 1. The van der Waals surface area contributed by atoms with Crippen LogP contribution in [-0.2, 0) is 0 Å². The lowest BCUT2D eigenvalue weighted by atomic mass is 9.90. The van der Waals surface area contributed by atoms with Gasteiger partial charge in [0.15, 0.2) is 5.76 Å². The van der Waals surface area contributed by atoms with Crippen molar-refractivity contribution in [2.45, 2.75) is 50.2 Å². The van der Waals surface area contributed by atoms with Gasteiger partial charge in [0.05, 0.1) is 23.7 Å². The highest BCUT2D eigenvalue weighted by Gasteiger charge is 2.30. The van der Waals surface area contributed by atoms with Crippen LogP contribution in [0.4, 0.5) is 0 Å². The first kappa shape index (κ1) is 20.6. The first-order chi connectivity index (χ1) is 14.0. The summed E-state index contributed by atoms with van der Waals surface area (Å²) in [5.74, 6) is -0.891. The predicted molar refractivity (Wildman–Crippen MR) is 106 cm³/mol. The van der Waals surface area contributed by atoms with Gasteiger partial charge in [-0.2, -0.15) is 5.26 Å². The Morgan fingerprint density at radius 1 is 1.21 bits per heavy atom. The Kier molecular flexibility index (Phi) is 6.68. The summed E-state index contributed by atoms with van der Waals surface area (Å²) in [6, 6.07) is 12.9. The summed E-state index contributed by atoms with van der Waals surface area (Å²) < 4.78 is 5.80. The average molecular weight is 395 g/mol. The standard InChI is InChI=1S/C22H25N3O4/c1-24-22(28)19-13-18(21(27)25-15-7-9-16(26)10-8-15)20(29-19)17(11-12-23)14-5-3-2-4-6-14/h2-6,13,15-17,26H,7-11H2,1H3,(H,24,28)(H,25,27). The van der Waals surface area contributed by atoms with E-state index in [1.54, 1.807) is 0 Å². The molecular weight excluding hydrogens is 370 g/mol. The van der Waals surface area contributed by atoms with Gasteiger partial charge in [-0.05, 0) is 31.2 Å². The molecule has 2 amide bonds. The molecule has 1 aromatic carbocycles. The summed E-state index contributed by atoms with van der Waals surface area (Å²) in [4.78, 5) is 25.1. The molecule has 1 aromatic heterocycles. The summed E-state index contributed by atoms with van der Waals surface area (Å²) in [6.45, 7) is 0. The van der Waals surface area contributed by atoms with Crippen LogP contribution in [0.2, 0.25) is 0 Å². The highest BCUT2D eigenvalue weighted by Crippen LogP contribution is 2.33. The van der Waals surface area contributed by atoms with Gasteiger partial charge < -0.3 is 20.2 Å². The average Bonchev–Trinajstić information content (AvgIpc) is 3.19. The molecule has 7 nitrogen and oxygen atoms in total. The molecule has 1 atom stereocenters. The molecule has 152 valence electrons. The summed E-state index contributed by atoms with van der Waals surface area (Å²) in [5, 5.41) is 24.5. The zero-order valence-electron chi connectivity index (χ0n) is 16.4. The molecule has 1 unspecified atom stereocenters. The zero-order valence-corrected chi connectivity index (χ0v) is 16.4. The zero-order chi connectivity index (χ0) is 20.8. The SMILES string of the molecule is CNC(=O)c1cc(C(=O)NC2CCC(O)CC2)c(C(CC#N)c2ccccc2)o1. The molecule has 1 heterocycles. The summed E-state index contributed by atoms with van der Waals surface area (Å²) >= 11 is 0. The molecule has 0 saturated heterocycles. The number of amides is 2. The van der Waals surface area contributed by atoms with Gasteiger partial charge in [-0.3, -0.25) is 9.59 Å². The number of benzene rings is 1. The molecule has 3 rings (SSSR count). The Balaban J connectivity index is 1.94. The number of rotatable bonds is 6. The topological polar surface area (TPSA) is 115 Å². The van der Waals surface area contributed by atoms with Crippen LogP contribution in [0.5, 0.6) is 0 Å². The van der Waals surface area contributed by atoms with E-state index in [4.69, 9.17) is 4.42 Å². The van der Waals surface area contributed by atoms with E-state index in [0.29, 0.717) is 31.4 Å². The van der Waals surface area contributed by atoms with E-state index in [0.717, 1.165) is 5.56 Å². The fourth-order valence-corrected chi connectivity index (χ4v) is 3.70. The molecule has 1 fully saturated rings. The first-order valence-corrected chi connectivity index (χ1v) is 9.80. The van der Waals surface area contributed by atoms with Crippen molar-refractivity contribution in [1.29, 1.82) is 5.26 Å². The first-order valence-electron chi connectivity index (χ1n) is 9.80. The molecule has 0 radical (unpaired) electrons. The third-order valence-electron chi connectivity index (χ3n) is 5.30. The van der Waals surface area contributed by atoms with Crippen LogP contribution in [0.3, 0.4) is 0 Å². The molecule has 3 N–H and O–H groups in total. The van der Waals surface area contributed by atoms with Gasteiger partial charge in [-0.15, -0.1) is 0 Å². The molecule has 0 aliphatic heterocycles.